The van der Waals surface area contributed by atoms with Gasteiger partial charge in [0.1, 0.15) is 5.75 Å². The molecule has 128 valence electrons. The zero-order valence-electron chi connectivity index (χ0n) is 15.3. The third-order valence-electron chi connectivity index (χ3n) is 4.10. The van der Waals surface area contributed by atoms with Crippen LogP contribution >= 0.6 is 0 Å². The first-order valence-corrected chi connectivity index (χ1v) is 8.13. The molecule has 2 rings (SSSR count). The molecule has 0 heterocycles. The van der Waals surface area contributed by atoms with Crippen molar-refractivity contribution >= 4 is 5.97 Å². The number of carboxylic acid groups (broad SMARTS) is 1. The number of rotatable bonds is 2. The highest BCUT2D eigenvalue weighted by Gasteiger charge is 2.30. The van der Waals surface area contributed by atoms with Crippen LogP contribution in [0.5, 0.6) is 5.75 Å². The lowest BCUT2D eigenvalue weighted by molar-refractivity contribution is 0.0697. The summed E-state index contributed by atoms with van der Waals surface area (Å²) in [6.45, 7) is 12.6. The van der Waals surface area contributed by atoms with Gasteiger partial charge in [-0.15, -0.1) is 0 Å². The van der Waals surface area contributed by atoms with E-state index in [1.807, 2.05) is 12.1 Å². The average Bonchev–Trinajstić information content (AvgIpc) is 2.44. The van der Waals surface area contributed by atoms with Crippen molar-refractivity contribution < 1.29 is 15.0 Å². The minimum Gasteiger partial charge on any atom is -0.508 e. The maximum atomic E-state index is 11.3. The third kappa shape index (κ3) is 3.45. The van der Waals surface area contributed by atoms with E-state index >= 15 is 0 Å². The van der Waals surface area contributed by atoms with Gasteiger partial charge in [-0.2, -0.15) is 0 Å². The molecule has 0 fully saturated rings. The van der Waals surface area contributed by atoms with Gasteiger partial charge in [0.15, 0.2) is 0 Å². The molecular weight excluding hydrogens is 300 g/mol. The summed E-state index contributed by atoms with van der Waals surface area (Å²) in [6, 6.07) is 10.5. The van der Waals surface area contributed by atoms with Crippen molar-refractivity contribution in [3.05, 3.63) is 53.1 Å². The number of phenolic OH excluding ortho intramolecular Hbond substituents is 1. The Bertz CT molecular complexity index is 775. The largest absolute Gasteiger partial charge is 0.508 e. The van der Waals surface area contributed by atoms with Crippen LogP contribution in [0.1, 0.15) is 63.0 Å². The number of phenols is 1. The smallest absolute Gasteiger partial charge is 0.335 e. The van der Waals surface area contributed by atoms with Crippen LogP contribution in [0.2, 0.25) is 0 Å². The molecule has 0 saturated heterocycles. The molecule has 0 atom stereocenters. The van der Waals surface area contributed by atoms with Crippen LogP contribution in [0.15, 0.2) is 36.4 Å². The van der Waals surface area contributed by atoms with Crippen molar-refractivity contribution in [3.63, 3.8) is 0 Å². The first kappa shape index (κ1) is 18.1. The number of hydrogen-bond acceptors (Lipinski definition) is 2. The topological polar surface area (TPSA) is 57.5 Å². The first-order valence-electron chi connectivity index (χ1n) is 8.13. The summed E-state index contributed by atoms with van der Waals surface area (Å²) in [5.41, 5.74) is 3.62. The van der Waals surface area contributed by atoms with Gasteiger partial charge in [-0.05, 0) is 45.7 Å². The molecule has 2 N–H and O–H groups in total. The van der Waals surface area contributed by atoms with Gasteiger partial charge in [-0.1, -0.05) is 59.7 Å². The van der Waals surface area contributed by atoms with E-state index in [1.165, 1.54) is 0 Å². The van der Waals surface area contributed by atoms with Gasteiger partial charge in [0.25, 0.3) is 0 Å². The van der Waals surface area contributed by atoms with Crippen molar-refractivity contribution in [2.24, 2.45) is 0 Å². The van der Waals surface area contributed by atoms with E-state index in [0.717, 1.165) is 22.3 Å². The van der Waals surface area contributed by atoms with Gasteiger partial charge in [-0.25, -0.2) is 4.79 Å². The van der Waals surface area contributed by atoms with E-state index in [1.54, 1.807) is 24.3 Å². The SMILES string of the molecule is CC(C)(C)c1c(O)ccc(-c2cccc(C(=O)O)c2)c1C(C)(C)C. The maximum Gasteiger partial charge on any atom is 0.335 e. The summed E-state index contributed by atoms with van der Waals surface area (Å²) in [5.74, 6) is -0.658. The van der Waals surface area contributed by atoms with E-state index < -0.39 is 5.97 Å². The average molecular weight is 326 g/mol. The molecular formula is C21H26O3. The molecule has 0 spiro atoms. The van der Waals surface area contributed by atoms with Crippen molar-refractivity contribution in [3.8, 4) is 16.9 Å². The van der Waals surface area contributed by atoms with Crippen LogP contribution in [0.25, 0.3) is 11.1 Å². The zero-order valence-corrected chi connectivity index (χ0v) is 15.3. The predicted octanol–water partition coefficient (Wildman–Crippen LogP) is 5.35. The molecule has 0 radical (unpaired) electrons. The molecule has 0 aliphatic rings. The van der Waals surface area contributed by atoms with Crippen molar-refractivity contribution in [2.45, 2.75) is 52.4 Å². The lowest BCUT2D eigenvalue weighted by atomic mass is 9.71. The Balaban J connectivity index is 2.85. The van der Waals surface area contributed by atoms with Gasteiger partial charge in [0.05, 0.1) is 5.56 Å². The molecule has 2 aromatic rings. The standard InChI is InChI=1S/C21H26O3/c1-20(2,3)17-15(10-11-16(22)18(17)21(4,5)6)13-8-7-9-14(12-13)19(23)24/h7-12,22H,1-6H3,(H,23,24). The monoisotopic (exact) mass is 326 g/mol. The van der Waals surface area contributed by atoms with Gasteiger partial charge < -0.3 is 10.2 Å². The second-order valence-corrected chi connectivity index (χ2v) is 8.27. The molecule has 0 amide bonds. The zero-order chi connectivity index (χ0) is 18.3. The Morgan fingerprint density at radius 3 is 1.96 bits per heavy atom. The Morgan fingerprint density at radius 1 is 0.875 bits per heavy atom. The number of aromatic carboxylic acids is 1. The fraction of sp³-hybridized carbons (Fsp3) is 0.381. The Kier molecular flexibility index (Phi) is 4.49. The number of benzene rings is 2. The van der Waals surface area contributed by atoms with Gasteiger partial charge in [0.2, 0.25) is 0 Å². The van der Waals surface area contributed by atoms with Crippen molar-refractivity contribution in [1.29, 1.82) is 0 Å². The van der Waals surface area contributed by atoms with Crippen LogP contribution < -0.4 is 0 Å². The summed E-state index contributed by atoms with van der Waals surface area (Å²) in [4.78, 5) is 11.3. The summed E-state index contributed by atoms with van der Waals surface area (Å²) < 4.78 is 0. The summed E-state index contributed by atoms with van der Waals surface area (Å²) >= 11 is 0. The summed E-state index contributed by atoms with van der Waals surface area (Å²) in [7, 11) is 0. The third-order valence-corrected chi connectivity index (χ3v) is 4.10. The van der Waals surface area contributed by atoms with Crippen LogP contribution in [-0.4, -0.2) is 16.2 Å². The normalized spacial score (nSPS) is 12.2. The molecule has 0 aromatic heterocycles. The van der Waals surface area contributed by atoms with Crippen molar-refractivity contribution in [1.82, 2.24) is 0 Å². The highest BCUT2D eigenvalue weighted by Crippen LogP contribution is 2.44. The Labute approximate surface area is 144 Å². The quantitative estimate of drug-likeness (QED) is 0.782. The van der Waals surface area contributed by atoms with E-state index in [-0.39, 0.29) is 22.1 Å². The van der Waals surface area contributed by atoms with Crippen LogP contribution in [0.4, 0.5) is 0 Å². The fourth-order valence-corrected chi connectivity index (χ4v) is 3.19. The maximum absolute atomic E-state index is 11.3. The lowest BCUT2D eigenvalue weighted by Crippen LogP contribution is -2.23. The van der Waals surface area contributed by atoms with Crippen molar-refractivity contribution in [2.75, 3.05) is 0 Å². The number of carboxylic acids is 1. The molecule has 0 bridgehead atoms. The molecule has 2 aromatic carbocycles. The number of hydrogen-bond donors (Lipinski definition) is 2. The van der Waals surface area contributed by atoms with E-state index in [0.29, 0.717) is 0 Å². The van der Waals surface area contributed by atoms with E-state index in [2.05, 4.69) is 41.5 Å². The number of carbonyl (C=O) groups is 1. The second kappa shape index (κ2) is 5.97. The molecule has 0 unspecified atom stereocenters. The van der Waals surface area contributed by atoms with E-state index in [4.69, 9.17) is 0 Å². The number of aromatic hydroxyl groups is 1. The Morgan fingerprint density at radius 2 is 1.46 bits per heavy atom. The first-order chi connectivity index (χ1) is 10.9. The summed E-state index contributed by atoms with van der Waals surface area (Å²) in [6.07, 6.45) is 0. The highest BCUT2D eigenvalue weighted by molar-refractivity contribution is 5.89. The second-order valence-electron chi connectivity index (χ2n) is 8.27. The minimum absolute atomic E-state index is 0.198. The molecule has 24 heavy (non-hydrogen) atoms. The fourth-order valence-electron chi connectivity index (χ4n) is 3.19. The molecule has 3 heteroatoms. The van der Waals surface area contributed by atoms with Gasteiger partial charge >= 0.3 is 5.97 Å². The minimum atomic E-state index is -0.941. The Hall–Kier alpha value is -2.29. The predicted molar refractivity (Wildman–Crippen MR) is 97.9 cm³/mol. The van der Waals surface area contributed by atoms with Crippen LogP contribution in [0, 0.1) is 0 Å². The van der Waals surface area contributed by atoms with Gasteiger partial charge in [0, 0.05) is 5.56 Å². The van der Waals surface area contributed by atoms with E-state index in [9.17, 15) is 15.0 Å². The lowest BCUT2D eigenvalue weighted by Gasteiger charge is -2.33. The van der Waals surface area contributed by atoms with Crippen LogP contribution in [0.3, 0.4) is 0 Å². The molecule has 0 aliphatic carbocycles. The highest BCUT2D eigenvalue weighted by atomic mass is 16.4. The molecule has 0 saturated carbocycles. The summed E-state index contributed by atoms with van der Waals surface area (Å²) in [5, 5.41) is 19.8. The van der Waals surface area contributed by atoms with Gasteiger partial charge in [-0.3, -0.25) is 0 Å². The molecule has 0 aliphatic heterocycles. The van der Waals surface area contributed by atoms with Crippen LogP contribution in [-0.2, 0) is 10.8 Å². The molecule has 3 nitrogen and oxygen atoms in total.